The van der Waals surface area contributed by atoms with Crippen molar-refractivity contribution in [3.05, 3.63) is 23.9 Å². The summed E-state index contributed by atoms with van der Waals surface area (Å²) in [5.74, 6) is 0.996. The largest absolute Gasteiger partial charge is 0.389 e. The van der Waals surface area contributed by atoms with E-state index >= 15 is 0 Å². The van der Waals surface area contributed by atoms with Gasteiger partial charge in [-0.2, -0.15) is 0 Å². The van der Waals surface area contributed by atoms with Crippen LogP contribution in [-0.2, 0) is 0 Å². The molecule has 0 saturated carbocycles. The summed E-state index contributed by atoms with van der Waals surface area (Å²) >= 11 is 0. The number of nitrogens with zero attached hydrogens (tertiary/aromatic N) is 2. The van der Waals surface area contributed by atoms with Crippen LogP contribution >= 0.6 is 0 Å². The molecule has 0 unspecified atom stereocenters. The van der Waals surface area contributed by atoms with E-state index < -0.39 is 6.10 Å². The molecule has 0 spiro atoms. The Morgan fingerprint density at radius 3 is 2.33 bits per heavy atom. The van der Waals surface area contributed by atoms with Crippen LogP contribution < -0.4 is 4.90 Å². The van der Waals surface area contributed by atoms with E-state index in [1.165, 1.54) is 25.7 Å². The van der Waals surface area contributed by atoms with Gasteiger partial charge in [0.05, 0.1) is 6.10 Å². The highest BCUT2D eigenvalue weighted by Crippen LogP contribution is 2.18. The van der Waals surface area contributed by atoms with E-state index in [9.17, 15) is 5.11 Å². The molecule has 0 fully saturated rings. The summed E-state index contributed by atoms with van der Waals surface area (Å²) in [6.45, 7) is 8.30. The maximum absolute atomic E-state index is 9.64. The zero-order valence-corrected chi connectivity index (χ0v) is 11.9. The highest BCUT2D eigenvalue weighted by Gasteiger charge is 2.09. The van der Waals surface area contributed by atoms with Crippen molar-refractivity contribution in [1.29, 1.82) is 0 Å². The van der Waals surface area contributed by atoms with Crippen LogP contribution in [0.3, 0.4) is 0 Å². The van der Waals surface area contributed by atoms with E-state index in [1.54, 1.807) is 13.1 Å². The summed E-state index contributed by atoms with van der Waals surface area (Å²) in [6, 6.07) is 3.89. The van der Waals surface area contributed by atoms with Crippen molar-refractivity contribution in [3.8, 4) is 0 Å². The van der Waals surface area contributed by atoms with Crippen molar-refractivity contribution in [2.75, 3.05) is 18.0 Å². The lowest BCUT2D eigenvalue weighted by Crippen LogP contribution is -2.26. The van der Waals surface area contributed by atoms with Crippen LogP contribution in [0.1, 0.15) is 58.1 Å². The van der Waals surface area contributed by atoms with E-state index in [-0.39, 0.29) is 0 Å². The van der Waals surface area contributed by atoms with Gasteiger partial charge in [-0.1, -0.05) is 26.7 Å². The van der Waals surface area contributed by atoms with Crippen LogP contribution in [0.15, 0.2) is 18.3 Å². The standard InChI is InChI=1S/C15H26N2O/c1-4-6-10-17(11-7-5-2)15-12-14(13(3)18)8-9-16-15/h8-9,12-13,18H,4-7,10-11H2,1-3H3/t13-/m0/s1. The van der Waals surface area contributed by atoms with Crippen LogP contribution in [0.2, 0.25) is 0 Å². The van der Waals surface area contributed by atoms with Gasteiger partial charge < -0.3 is 10.0 Å². The normalized spacial score (nSPS) is 12.4. The number of pyridine rings is 1. The van der Waals surface area contributed by atoms with E-state index in [0.717, 1.165) is 24.5 Å². The van der Waals surface area contributed by atoms with Crippen LogP contribution in [0, 0.1) is 0 Å². The lowest BCUT2D eigenvalue weighted by molar-refractivity contribution is 0.199. The first-order chi connectivity index (χ1) is 8.69. The van der Waals surface area contributed by atoms with Gasteiger partial charge >= 0.3 is 0 Å². The molecule has 0 aliphatic carbocycles. The second-order valence-corrected chi connectivity index (χ2v) is 4.82. The van der Waals surface area contributed by atoms with Crippen molar-refractivity contribution >= 4 is 5.82 Å². The minimum Gasteiger partial charge on any atom is -0.389 e. The van der Waals surface area contributed by atoms with Gasteiger partial charge in [0.25, 0.3) is 0 Å². The Morgan fingerprint density at radius 1 is 1.22 bits per heavy atom. The number of aromatic nitrogens is 1. The molecule has 3 nitrogen and oxygen atoms in total. The Balaban J connectivity index is 2.78. The molecule has 0 amide bonds. The molecule has 0 aliphatic heterocycles. The average Bonchev–Trinajstić information content (AvgIpc) is 2.39. The van der Waals surface area contributed by atoms with Crippen LogP contribution in [0.4, 0.5) is 5.82 Å². The van der Waals surface area contributed by atoms with Crippen LogP contribution in [0.5, 0.6) is 0 Å². The van der Waals surface area contributed by atoms with Crippen molar-refractivity contribution < 1.29 is 5.11 Å². The molecule has 1 N–H and O–H groups in total. The third-order valence-electron chi connectivity index (χ3n) is 3.14. The molecule has 1 rings (SSSR count). The van der Waals surface area contributed by atoms with E-state index in [1.807, 2.05) is 12.1 Å². The van der Waals surface area contributed by atoms with E-state index in [4.69, 9.17) is 0 Å². The molecule has 1 heterocycles. The summed E-state index contributed by atoms with van der Waals surface area (Å²) in [5.41, 5.74) is 0.943. The lowest BCUT2D eigenvalue weighted by atomic mass is 10.1. The number of aliphatic hydroxyl groups excluding tert-OH is 1. The molecule has 102 valence electrons. The summed E-state index contributed by atoms with van der Waals surface area (Å²) in [7, 11) is 0. The number of aliphatic hydroxyl groups is 1. The fourth-order valence-corrected chi connectivity index (χ4v) is 1.91. The van der Waals surface area contributed by atoms with Gasteiger partial charge in [-0.05, 0) is 37.5 Å². The summed E-state index contributed by atoms with van der Waals surface area (Å²) < 4.78 is 0. The second-order valence-electron chi connectivity index (χ2n) is 4.82. The van der Waals surface area contributed by atoms with Gasteiger partial charge in [0.2, 0.25) is 0 Å². The first-order valence-corrected chi connectivity index (χ1v) is 7.08. The number of hydrogen-bond donors (Lipinski definition) is 1. The molecule has 0 saturated heterocycles. The van der Waals surface area contributed by atoms with E-state index in [2.05, 4.69) is 23.7 Å². The predicted octanol–water partition coefficient (Wildman–Crippen LogP) is 3.54. The summed E-state index contributed by atoms with van der Waals surface area (Å²) in [4.78, 5) is 6.77. The first kappa shape index (κ1) is 15.0. The molecular weight excluding hydrogens is 224 g/mol. The topological polar surface area (TPSA) is 36.4 Å². The Labute approximate surface area is 111 Å². The SMILES string of the molecule is CCCCN(CCCC)c1cc([C@H](C)O)ccn1. The quantitative estimate of drug-likeness (QED) is 0.766. The summed E-state index contributed by atoms with van der Waals surface area (Å²) in [5, 5.41) is 9.64. The van der Waals surface area contributed by atoms with Crippen LogP contribution in [-0.4, -0.2) is 23.2 Å². The van der Waals surface area contributed by atoms with Gasteiger partial charge in [-0.3, -0.25) is 0 Å². The monoisotopic (exact) mass is 250 g/mol. The minimum atomic E-state index is -0.425. The number of rotatable bonds is 8. The molecule has 0 radical (unpaired) electrons. The maximum Gasteiger partial charge on any atom is 0.128 e. The third kappa shape index (κ3) is 4.65. The summed E-state index contributed by atoms with van der Waals surface area (Å²) in [6.07, 6.45) is 6.12. The molecular formula is C15H26N2O. The first-order valence-electron chi connectivity index (χ1n) is 7.08. The van der Waals surface area contributed by atoms with Crippen molar-refractivity contribution in [2.45, 2.75) is 52.6 Å². The number of unbranched alkanes of at least 4 members (excludes halogenated alkanes) is 2. The van der Waals surface area contributed by atoms with Gasteiger partial charge in [0.15, 0.2) is 0 Å². The fourth-order valence-electron chi connectivity index (χ4n) is 1.91. The Bertz CT molecular complexity index is 331. The highest BCUT2D eigenvalue weighted by molar-refractivity contribution is 5.41. The Kier molecular flexibility index (Phi) is 6.73. The van der Waals surface area contributed by atoms with Crippen LogP contribution in [0.25, 0.3) is 0 Å². The van der Waals surface area contributed by atoms with E-state index in [0.29, 0.717) is 0 Å². The molecule has 0 aliphatic rings. The van der Waals surface area contributed by atoms with Crippen molar-refractivity contribution in [3.63, 3.8) is 0 Å². The molecule has 3 heteroatoms. The third-order valence-corrected chi connectivity index (χ3v) is 3.14. The fraction of sp³-hybridized carbons (Fsp3) is 0.667. The Hall–Kier alpha value is -1.09. The molecule has 1 aromatic rings. The number of hydrogen-bond acceptors (Lipinski definition) is 3. The predicted molar refractivity (Wildman–Crippen MR) is 76.9 cm³/mol. The van der Waals surface area contributed by atoms with Gasteiger partial charge in [-0.25, -0.2) is 4.98 Å². The zero-order chi connectivity index (χ0) is 13.4. The second kappa shape index (κ2) is 8.09. The molecule has 1 atom stereocenters. The molecule has 0 bridgehead atoms. The Morgan fingerprint density at radius 2 is 1.83 bits per heavy atom. The van der Waals surface area contributed by atoms with Crippen molar-refractivity contribution in [1.82, 2.24) is 4.98 Å². The molecule has 18 heavy (non-hydrogen) atoms. The highest BCUT2D eigenvalue weighted by atomic mass is 16.3. The van der Waals surface area contributed by atoms with Gasteiger partial charge in [-0.15, -0.1) is 0 Å². The lowest BCUT2D eigenvalue weighted by Gasteiger charge is -2.24. The average molecular weight is 250 g/mol. The van der Waals surface area contributed by atoms with Crippen molar-refractivity contribution in [2.24, 2.45) is 0 Å². The maximum atomic E-state index is 9.64. The molecule has 1 aromatic heterocycles. The number of anilines is 1. The minimum absolute atomic E-state index is 0.425. The zero-order valence-electron chi connectivity index (χ0n) is 11.9. The molecule has 0 aromatic carbocycles. The smallest absolute Gasteiger partial charge is 0.128 e. The van der Waals surface area contributed by atoms with Gasteiger partial charge in [0, 0.05) is 19.3 Å². The van der Waals surface area contributed by atoms with Gasteiger partial charge in [0.1, 0.15) is 5.82 Å².